The fraction of sp³-hybridized carbons (Fsp3) is 0.316. The van der Waals surface area contributed by atoms with Gasteiger partial charge in [-0.15, -0.1) is 12.4 Å². The zero-order valence-electron chi connectivity index (χ0n) is 14.6. The van der Waals surface area contributed by atoms with Gasteiger partial charge in [-0.05, 0) is 36.2 Å². The van der Waals surface area contributed by atoms with Crippen molar-refractivity contribution in [3.63, 3.8) is 0 Å². The number of amides is 1. The Morgan fingerprint density at radius 2 is 1.68 bits per heavy atom. The van der Waals surface area contributed by atoms with E-state index in [1.165, 1.54) is 0 Å². The molecule has 0 saturated carbocycles. The summed E-state index contributed by atoms with van der Waals surface area (Å²) in [5.74, 6) is 1.43. The lowest BCUT2D eigenvalue weighted by Crippen LogP contribution is -2.44. The standard InChI is InChI=1S/C19H24N2O3.ClH/c1-21(12-13-24-17-10-8-16(23-2)9-11-17)19(22)18(20)14-15-6-4-3-5-7-15;/h3-11,18H,12-14,20H2,1-2H3;1H/t18-;/m0./s1. The fourth-order valence-corrected chi connectivity index (χ4v) is 2.32. The number of likely N-dealkylation sites (N-methyl/N-ethyl adjacent to an activating group) is 1. The minimum absolute atomic E-state index is 0. The van der Waals surface area contributed by atoms with Crippen molar-refractivity contribution in [2.45, 2.75) is 12.5 Å². The predicted molar refractivity (Wildman–Crippen MR) is 101 cm³/mol. The van der Waals surface area contributed by atoms with E-state index in [1.54, 1.807) is 19.1 Å². The van der Waals surface area contributed by atoms with E-state index in [2.05, 4.69) is 0 Å². The summed E-state index contributed by atoms with van der Waals surface area (Å²) in [6.07, 6.45) is 0.531. The van der Waals surface area contributed by atoms with Crippen LogP contribution in [0.15, 0.2) is 54.6 Å². The predicted octanol–water partition coefficient (Wildman–Crippen LogP) is 2.52. The van der Waals surface area contributed by atoms with Crippen molar-refractivity contribution in [3.05, 3.63) is 60.2 Å². The van der Waals surface area contributed by atoms with Crippen LogP contribution in [-0.4, -0.2) is 44.2 Å². The van der Waals surface area contributed by atoms with Crippen molar-refractivity contribution in [2.75, 3.05) is 27.3 Å². The normalized spacial score (nSPS) is 11.2. The molecule has 0 fully saturated rings. The van der Waals surface area contributed by atoms with Crippen LogP contribution in [0.3, 0.4) is 0 Å². The van der Waals surface area contributed by atoms with Gasteiger partial charge in [-0.2, -0.15) is 0 Å². The number of halogens is 1. The summed E-state index contributed by atoms with van der Waals surface area (Å²) in [6.45, 7) is 0.889. The molecule has 0 aliphatic carbocycles. The third-order valence-corrected chi connectivity index (χ3v) is 3.75. The molecule has 5 nitrogen and oxygen atoms in total. The van der Waals surface area contributed by atoms with Gasteiger partial charge in [0.05, 0.1) is 19.7 Å². The Morgan fingerprint density at radius 3 is 2.28 bits per heavy atom. The largest absolute Gasteiger partial charge is 0.497 e. The van der Waals surface area contributed by atoms with E-state index in [-0.39, 0.29) is 18.3 Å². The van der Waals surface area contributed by atoms with Crippen LogP contribution in [0.5, 0.6) is 11.5 Å². The zero-order valence-corrected chi connectivity index (χ0v) is 15.4. The highest BCUT2D eigenvalue weighted by atomic mass is 35.5. The molecule has 2 aromatic rings. The molecule has 0 aliphatic rings. The minimum Gasteiger partial charge on any atom is -0.497 e. The molecule has 2 N–H and O–H groups in total. The first-order valence-electron chi connectivity index (χ1n) is 7.91. The average Bonchev–Trinajstić information content (AvgIpc) is 2.62. The van der Waals surface area contributed by atoms with E-state index in [1.807, 2.05) is 54.6 Å². The monoisotopic (exact) mass is 364 g/mol. The van der Waals surface area contributed by atoms with Gasteiger partial charge in [-0.3, -0.25) is 4.79 Å². The topological polar surface area (TPSA) is 64.8 Å². The van der Waals surface area contributed by atoms with Crippen LogP contribution >= 0.6 is 12.4 Å². The van der Waals surface area contributed by atoms with Crippen LogP contribution in [-0.2, 0) is 11.2 Å². The smallest absolute Gasteiger partial charge is 0.239 e. The number of ether oxygens (including phenoxy) is 2. The molecular weight excluding hydrogens is 340 g/mol. The van der Waals surface area contributed by atoms with E-state index < -0.39 is 6.04 Å². The highest BCUT2D eigenvalue weighted by Gasteiger charge is 2.18. The maximum absolute atomic E-state index is 12.3. The highest BCUT2D eigenvalue weighted by molar-refractivity contribution is 5.85. The second kappa shape index (κ2) is 10.6. The first-order valence-corrected chi connectivity index (χ1v) is 7.91. The number of nitrogens with two attached hydrogens (primary N) is 1. The van der Waals surface area contributed by atoms with Crippen LogP contribution in [0.4, 0.5) is 0 Å². The minimum atomic E-state index is -0.543. The Morgan fingerprint density at radius 1 is 1.08 bits per heavy atom. The van der Waals surface area contributed by atoms with Gasteiger partial charge in [0.1, 0.15) is 18.1 Å². The zero-order chi connectivity index (χ0) is 17.4. The Kier molecular flexibility index (Phi) is 8.81. The van der Waals surface area contributed by atoms with Crippen LogP contribution in [0, 0.1) is 0 Å². The van der Waals surface area contributed by atoms with Crippen molar-refractivity contribution < 1.29 is 14.3 Å². The van der Waals surface area contributed by atoms with E-state index in [0.29, 0.717) is 19.6 Å². The molecule has 0 radical (unpaired) electrons. The van der Waals surface area contributed by atoms with Gasteiger partial charge in [0.25, 0.3) is 0 Å². The Balaban J connectivity index is 0.00000312. The summed E-state index contributed by atoms with van der Waals surface area (Å²) in [4.78, 5) is 13.9. The van der Waals surface area contributed by atoms with Gasteiger partial charge >= 0.3 is 0 Å². The molecule has 1 amide bonds. The van der Waals surface area contributed by atoms with Gasteiger partial charge in [0.2, 0.25) is 5.91 Å². The van der Waals surface area contributed by atoms with Crippen molar-refractivity contribution >= 4 is 18.3 Å². The van der Waals surface area contributed by atoms with E-state index >= 15 is 0 Å². The van der Waals surface area contributed by atoms with Gasteiger partial charge in [0.15, 0.2) is 0 Å². The summed E-state index contributed by atoms with van der Waals surface area (Å²) in [5.41, 5.74) is 7.08. The molecule has 0 bridgehead atoms. The molecule has 2 rings (SSSR count). The summed E-state index contributed by atoms with van der Waals surface area (Å²) in [7, 11) is 3.36. The number of nitrogens with zero attached hydrogens (tertiary/aromatic N) is 1. The highest BCUT2D eigenvalue weighted by Crippen LogP contribution is 2.16. The molecule has 0 aromatic heterocycles. The molecule has 6 heteroatoms. The van der Waals surface area contributed by atoms with Crippen molar-refractivity contribution in [3.8, 4) is 11.5 Å². The first kappa shape index (κ1) is 20.8. The van der Waals surface area contributed by atoms with Crippen LogP contribution in [0.1, 0.15) is 5.56 Å². The summed E-state index contributed by atoms with van der Waals surface area (Å²) in [6, 6.07) is 16.6. The first-order chi connectivity index (χ1) is 11.6. The number of carbonyl (C=O) groups excluding carboxylic acids is 1. The van der Waals surface area contributed by atoms with E-state index in [0.717, 1.165) is 17.1 Å². The average molecular weight is 365 g/mol. The second-order valence-corrected chi connectivity index (χ2v) is 5.58. The lowest BCUT2D eigenvalue weighted by atomic mass is 10.1. The van der Waals surface area contributed by atoms with Crippen molar-refractivity contribution in [1.82, 2.24) is 4.90 Å². The van der Waals surface area contributed by atoms with Gasteiger partial charge < -0.3 is 20.1 Å². The molecule has 0 spiro atoms. The summed E-state index contributed by atoms with van der Waals surface area (Å²) in [5, 5.41) is 0. The maximum Gasteiger partial charge on any atom is 0.239 e. The third-order valence-electron chi connectivity index (χ3n) is 3.75. The molecule has 0 heterocycles. The molecule has 0 saturated heterocycles. The summed E-state index contributed by atoms with van der Waals surface area (Å²) >= 11 is 0. The van der Waals surface area contributed by atoms with Crippen LogP contribution in [0.2, 0.25) is 0 Å². The quantitative estimate of drug-likeness (QED) is 0.781. The number of benzene rings is 2. The number of rotatable bonds is 8. The molecule has 0 unspecified atom stereocenters. The maximum atomic E-state index is 12.3. The summed E-state index contributed by atoms with van der Waals surface area (Å²) < 4.78 is 10.7. The lowest BCUT2D eigenvalue weighted by Gasteiger charge is -2.21. The lowest BCUT2D eigenvalue weighted by molar-refractivity contribution is -0.131. The molecule has 1 atom stereocenters. The van der Waals surface area contributed by atoms with Crippen LogP contribution in [0.25, 0.3) is 0 Å². The van der Waals surface area contributed by atoms with Crippen molar-refractivity contribution in [1.29, 1.82) is 0 Å². The SMILES string of the molecule is COc1ccc(OCCN(C)C(=O)[C@@H](N)Cc2ccccc2)cc1.Cl. The van der Waals surface area contributed by atoms with Gasteiger partial charge in [-0.1, -0.05) is 30.3 Å². The Bertz CT molecular complexity index is 635. The number of hydrogen-bond acceptors (Lipinski definition) is 4. The molecular formula is C19H25ClN2O3. The third kappa shape index (κ3) is 6.64. The Labute approximate surface area is 155 Å². The molecule has 136 valence electrons. The van der Waals surface area contributed by atoms with Crippen LogP contribution < -0.4 is 15.2 Å². The van der Waals surface area contributed by atoms with Crippen molar-refractivity contribution in [2.24, 2.45) is 5.73 Å². The fourth-order valence-electron chi connectivity index (χ4n) is 2.32. The van der Waals surface area contributed by atoms with E-state index in [4.69, 9.17) is 15.2 Å². The second-order valence-electron chi connectivity index (χ2n) is 5.58. The molecule has 0 aliphatic heterocycles. The van der Waals surface area contributed by atoms with Gasteiger partial charge in [0, 0.05) is 7.05 Å². The molecule has 2 aromatic carbocycles. The van der Waals surface area contributed by atoms with E-state index in [9.17, 15) is 4.79 Å². The number of carbonyl (C=O) groups is 1. The van der Waals surface area contributed by atoms with Gasteiger partial charge in [-0.25, -0.2) is 0 Å². The Hall–Kier alpha value is -2.24. The molecule has 25 heavy (non-hydrogen) atoms. The number of hydrogen-bond donors (Lipinski definition) is 1. The number of methoxy groups -OCH3 is 1.